The minimum Gasteiger partial charge on any atom is -0.372 e. The number of oxime groups is 1. The highest BCUT2D eigenvalue weighted by atomic mass is 35.5. The minimum absolute atomic E-state index is 0.152. The largest absolute Gasteiger partial charge is 0.435 e. The number of nitrogens with one attached hydrogen (secondary N) is 2. The molecule has 0 bridgehead atoms. The molecule has 4 nitrogen and oxygen atoms in total. The quantitative estimate of drug-likeness (QED) is 0.468. The fourth-order valence-corrected chi connectivity index (χ4v) is 3.39. The Morgan fingerprint density at radius 1 is 1.14 bits per heavy atom. The lowest BCUT2D eigenvalue weighted by Gasteiger charge is -2.29. The smallest absolute Gasteiger partial charge is 0.372 e. The van der Waals surface area contributed by atoms with Crippen LogP contribution >= 0.6 is 23.2 Å². The third-order valence-corrected chi connectivity index (χ3v) is 4.89. The molecule has 2 aromatic rings. The molecule has 0 saturated carbocycles. The van der Waals surface area contributed by atoms with Crippen LogP contribution in [0.5, 0.6) is 0 Å². The van der Waals surface area contributed by atoms with E-state index in [1.807, 2.05) is 0 Å². The zero-order chi connectivity index (χ0) is 21.4. The summed E-state index contributed by atoms with van der Waals surface area (Å²) in [5.41, 5.74) is -2.75. The standard InChI is InChI=1S/C18H14Cl2F5N3O/c1-26-8-9-4-11(2-3-14(9)21)27-15-7-17(29-28-15,18(23,24)25)10-5-12(19)16(22)13(20)6-10/h2-6,26H,7-8H2,1H3,(H,27,28). The molecule has 0 spiro atoms. The molecule has 156 valence electrons. The number of hydrogen-bond donors (Lipinski definition) is 2. The van der Waals surface area contributed by atoms with Crippen molar-refractivity contribution in [3.63, 3.8) is 0 Å². The lowest BCUT2D eigenvalue weighted by Crippen LogP contribution is -2.43. The second-order valence-electron chi connectivity index (χ2n) is 6.35. The van der Waals surface area contributed by atoms with Gasteiger partial charge in [0.2, 0.25) is 0 Å². The van der Waals surface area contributed by atoms with Gasteiger partial charge in [-0.3, -0.25) is 0 Å². The number of alkyl halides is 3. The molecule has 11 heteroatoms. The molecular formula is C18H14Cl2F5N3O. The number of halogens is 7. The van der Waals surface area contributed by atoms with Crippen LogP contribution in [0.4, 0.5) is 27.6 Å². The van der Waals surface area contributed by atoms with Crippen LogP contribution in [0.1, 0.15) is 17.5 Å². The highest BCUT2D eigenvalue weighted by Gasteiger charge is 2.62. The van der Waals surface area contributed by atoms with Gasteiger partial charge in [-0.15, -0.1) is 0 Å². The van der Waals surface area contributed by atoms with Crippen molar-refractivity contribution in [2.75, 3.05) is 12.4 Å². The van der Waals surface area contributed by atoms with Crippen LogP contribution in [0.25, 0.3) is 0 Å². The monoisotopic (exact) mass is 453 g/mol. The number of nitrogens with zero attached hydrogens (tertiary/aromatic N) is 1. The lowest BCUT2D eigenvalue weighted by atomic mass is 9.89. The maximum absolute atomic E-state index is 13.9. The predicted octanol–water partition coefficient (Wildman–Crippen LogP) is 5.59. The van der Waals surface area contributed by atoms with Crippen molar-refractivity contribution >= 4 is 34.7 Å². The Kier molecular flexibility index (Phi) is 5.93. The Bertz CT molecular complexity index is 944. The van der Waals surface area contributed by atoms with E-state index in [4.69, 9.17) is 28.0 Å². The van der Waals surface area contributed by atoms with Crippen molar-refractivity contribution in [2.45, 2.75) is 24.7 Å². The maximum Gasteiger partial charge on any atom is 0.435 e. The normalized spacial score (nSPS) is 19.1. The fraction of sp³-hybridized carbons (Fsp3) is 0.278. The van der Waals surface area contributed by atoms with Gasteiger partial charge in [0.25, 0.3) is 5.60 Å². The first kappa shape index (κ1) is 21.6. The molecule has 2 aromatic carbocycles. The topological polar surface area (TPSA) is 45.7 Å². The van der Waals surface area contributed by atoms with Gasteiger partial charge in [-0.1, -0.05) is 28.4 Å². The molecule has 1 heterocycles. The van der Waals surface area contributed by atoms with Gasteiger partial charge in [0.15, 0.2) is 11.7 Å². The van der Waals surface area contributed by atoms with Crippen LogP contribution in [0.2, 0.25) is 10.0 Å². The van der Waals surface area contributed by atoms with Gasteiger partial charge >= 0.3 is 6.18 Å². The zero-order valence-corrected chi connectivity index (χ0v) is 16.3. The van der Waals surface area contributed by atoms with Crippen molar-refractivity contribution in [3.05, 3.63) is 63.1 Å². The van der Waals surface area contributed by atoms with Crippen LogP contribution in [0, 0.1) is 11.6 Å². The van der Waals surface area contributed by atoms with E-state index in [2.05, 4.69) is 15.8 Å². The Morgan fingerprint density at radius 3 is 2.38 bits per heavy atom. The molecule has 3 rings (SSSR count). The molecule has 0 amide bonds. The SMILES string of the molecule is CNCc1cc(NC2=NOC(c3cc(Cl)c(F)c(Cl)c3)(C(F)(F)F)C2)ccc1F. The van der Waals surface area contributed by atoms with Gasteiger partial charge in [-0.05, 0) is 37.4 Å². The Labute approximate surface area is 172 Å². The van der Waals surface area contributed by atoms with Crippen LogP contribution in [-0.2, 0) is 17.0 Å². The fourth-order valence-electron chi connectivity index (χ4n) is 2.90. The van der Waals surface area contributed by atoms with Crippen molar-refractivity contribution < 1.29 is 26.8 Å². The van der Waals surface area contributed by atoms with E-state index in [1.165, 1.54) is 18.2 Å². The van der Waals surface area contributed by atoms with E-state index < -0.39 is 45.4 Å². The summed E-state index contributed by atoms with van der Waals surface area (Å²) in [6, 6.07) is 5.58. The summed E-state index contributed by atoms with van der Waals surface area (Å²) in [4.78, 5) is 4.80. The number of anilines is 1. The van der Waals surface area contributed by atoms with E-state index in [-0.39, 0.29) is 12.4 Å². The van der Waals surface area contributed by atoms with Crippen LogP contribution in [0.3, 0.4) is 0 Å². The van der Waals surface area contributed by atoms with Crippen molar-refractivity contribution in [1.29, 1.82) is 0 Å². The van der Waals surface area contributed by atoms with E-state index in [0.29, 0.717) is 11.3 Å². The van der Waals surface area contributed by atoms with Gasteiger partial charge in [-0.25, -0.2) is 8.78 Å². The van der Waals surface area contributed by atoms with Gasteiger partial charge in [0, 0.05) is 23.4 Å². The number of amidine groups is 1. The molecule has 1 atom stereocenters. The summed E-state index contributed by atoms with van der Waals surface area (Å²) in [5, 5.41) is 7.84. The Balaban J connectivity index is 1.91. The average Bonchev–Trinajstić information content (AvgIpc) is 3.07. The summed E-state index contributed by atoms with van der Waals surface area (Å²) in [6.07, 6.45) is -5.65. The van der Waals surface area contributed by atoms with Crippen LogP contribution < -0.4 is 10.6 Å². The highest BCUT2D eigenvalue weighted by Crippen LogP contribution is 2.49. The van der Waals surface area contributed by atoms with Crippen molar-refractivity contribution in [2.24, 2.45) is 5.16 Å². The average molecular weight is 454 g/mol. The lowest BCUT2D eigenvalue weighted by molar-refractivity contribution is -0.275. The first-order valence-electron chi connectivity index (χ1n) is 8.24. The molecule has 0 fully saturated rings. The minimum atomic E-state index is -4.91. The van der Waals surface area contributed by atoms with Gasteiger partial charge in [-0.2, -0.15) is 13.2 Å². The molecule has 0 aromatic heterocycles. The van der Waals surface area contributed by atoms with Crippen molar-refractivity contribution in [3.8, 4) is 0 Å². The Hall–Kier alpha value is -2.10. The summed E-state index contributed by atoms with van der Waals surface area (Å²) in [5.74, 6) is -1.65. The third kappa shape index (κ3) is 4.12. The molecule has 0 saturated heterocycles. The van der Waals surface area contributed by atoms with E-state index in [9.17, 15) is 22.0 Å². The second kappa shape index (κ2) is 7.97. The van der Waals surface area contributed by atoms with Crippen LogP contribution in [0.15, 0.2) is 35.5 Å². The molecular weight excluding hydrogens is 440 g/mol. The first-order valence-corrected chi connectivity index (χ1v) is 9.00. The number of benzene rings is 2. The zero-order valence-electron chi connectivity index (χ0n) is 14.8. The first-order chi connectivity index (χ1) is 13.6. The van der Waals surface area contributed by atoms with E-state index in [0.717, 1.165) is 12.1 Å². The molecule has 29 heavy (non-hydrogen) atoms. The predicted molar refractivity (Wildman–Crippen MR) is 100 cm³/mol. The summed E-state index contributed by atoms with van der Waals surface area (Å²) < 4.78 is 69.2. The highest BCUT2D eigenvalue weighted by molar-refractivity contribution is 6.35. The molecule has 1 unspecified atom stereocenters. The van der Waals surface area contributed by atoms with Crippen molar-refractivity contribution in [1.82, 2.24) is 5.32 Å². The van der Waals surface area contributed by atoms with E-state index >= 15 is 0 Å². The molecule has 1 aliphatic rings. The van der Waals surface area contributed by atoms with Crippen LogP contribution in [-0.4, -0.2) is 19.1 Å². The number of hydrogen-bond acceptors (Lipinski definition) is 4. The van der Waals surface area contributed by atoms with E-state index in [1.54, 1.807) is 7.05 Å². The second-order valence-corrected chi connectivity index (χ2v) is 7.16. The molecule has 1 aliphatic heterocycles. The third-order valence-electron chi connectivity index (χ3n) is 4.34. The summed E-state index contributed by atoms with van der Waals surface area (Å²) in [7, 11) is 1.63. The van der Waals surface area contributed by atoms with Gasteiger partial charge < -0.3 is 15.5 Å². The number of rotatable bonds is 4. The summed E-state index contributed by atoms with van der Waals surface area (Å²) in [6.45, 7) is 0.226. The Morgan fingerprint density at radius 2 is 1.79 bits per heavy atom. The van der Waals surface area contributed by atoms with Gasteiger partial charge in [0.1, 0.15) is 5.82 Å². The molecule has 0 radical (unpaired) electrons. The molecule has 2 N–H and O–H groups in total. The molecule has 0 aliphatic carbocycles. The van der Waals surface area contributed by atoms with Gasteiger partial charge in [0.05, 0.1) is 16.5 Å². The maximum atomic E-state index is 13.9. The summed E-state index contributed by atoms with van der Waals surface area (Å²) >= 11 is 11.3.